The number of benzene rings is 1. The van der Waals surface area contributed by atoms with E-state index in [1.807, 2.05) is 25.1 Å². The molecule has 33 heavy (non-hydrogen) atoms. The Hall–Kier alpha value is -2.47. The summed E-state index contributed by atoms with van der Waals surface area (Å²) in [5.41, 5.74) is 0.360. The Bertz CT molecular complexity index is 1110. The first-order chi connectivity index (χ1) is 15.9. The van der Waals surface area contributed by atoms with Gasteiger partial charge in [0.15, 0.2) is 0 Å². The molecule has 1 aliphatic carbocycles. The Morgan fingerprint density at radius 2 is 2.03 bits per heavy atom. The number of alkyl halides is 1. The van der Waals surface area contributed by atoms with E-state index in [2.05, 4.69) is 26.2 Å². The van der Waals surface area contributed by atoms with Crippen LogP contribution in [0.5, 0.6) is 0 Å². The fourth-order valence-electron chi connectivity index (χ4n) is 5.02. The van der Waals surface area contributed by atoms with Crippen LogP contribution in [0.3, 0.4) is 0 Å². The van der Waals surface area contributed by atoms with E-state index in [1.165, 1.54) is 0 Å². The third kappa shape index (κ3) is 4.14. The van der Waals surface area contributed by atoms with Crippen LogP contribution in [0, 0.1) is 23.2 Å². The number of pyridine rings is 1. The van der Waals surface area contributed by atoms with E-state index >= 15 is 0 Å². The summed E-state index contributed by atoms with van der Waals surface area (Å²) in [5, 5.41) is 14.3. The molecule has 3 heterocycles. The van der Waals surface area contributed by atoms with Gasteiger partial charge in [-0.15, -0.1) is 0 Å². The average molecular weight is 472 g/mol. The fourth-order valence-corrected chi connectivity index (χ4v) is 5.31. The van der Waals surface area contributed by atoms with Gasteiger partial charge in [-0.2, -0.15) is 5.26 Å². The molecule has 1 amide bonds. The highest BCUT2D eigenvalue weighted by Crippen LogP contribution is 2.36. The van der Waals surface area contributed by atoms with Gasteiger partial charge in [-0.1, -0.05) is 11.6 Å². The molecule has 5 rings (SSSR count). The maximum Gasteiger partial charge on any atom is 0.228 e. The van der Waals surface area contributed by atoms with Crippen molar-refractivity contribution in [1.29, 1.82) is 5.26 Å². The molecule has 9 heteroatoms. The summed E-state index contributed by atoms with van der Waals surface area (Å²) in [5.74, 6) is 0.263. The molecule has 3 fully saturated rings. The minimum Gasteiger partial charge on any atom is -0.376 e. The van der Waals surface area contributed by atoms with Crippen molar-refractivity contribution in [3.8, 4) is 6.07 Å². The van der Waals surface area contributed by atoms with Gasteiger partial charge in [-0.25, -0.2) is 9.37 Å². The van der Waals surface area contributed by atoms with Crippen LogP contribution in [0.25, 0.3) is 10.8 Å². The van der Waals surface area contributed by atoms with Gasteiger partial charge in [0.2, 0.25) is 5.91 Å². The molecule has 1 saturated carbocycles. The Balaban J connectivity index is 1.29. The number of nitriles is 1. The number of carbonyl (C=O) groups excluding carboxylic acids is 1. The summed E-state index contributed by atoms with van der Waals surface area (Å²) in [6.07, 6.45) is 1.95. The van der Waals surface area contributed by atoms with Gasteiger partial charge in [0, 0.05) is 49.6 Å². The SMILES string of the molecule is C[C@]1(N2CCN(c3cc4cc(NC(=O)C5CC(C#N)C5)ncc4cc3Cl)CC2)COC[C@H]1F. The second-order valence-electron chi connectivity index (χ2n) is 9.52. The number of rotatable bonds is 4. The zero-order valence-corrected chi connectivity index (χ0v) is 19.3. The quantitative estimate of drug-likeness (QED) is 0.733. The van der Waals surface area contributed by atoms with E-state index in [9.17, 15) is 9.18 Å². The molecule has 2 atom stereocenters. The molecule has 0 unspecified atom stereocenters. The summed E-state index contributed by atoms with van der Waals surface area (Å²) in [6, 6.07) is 7.97. The summed E-state index contributed by atoms with van der Waals surface area (Å²) in [7, 11) is 0. The lowest BCUT2D eigenvalue weighted by Crippen LogP contribution is -2.59. The highest BCUT2D eigenvalue weighted by Gasteiger charge is 2.46. The zero-order chi connectivity index (χ0) is 23.2. The van der Waals surface area contributed by atoms with Gasteiger partial charge < -0.3 is 15.0 Å². The Kier molecular flexibility index (Phi) is 5.89. The Morgan fingerprint density at radius 3 is 2.70 bits per heavy atom. The number of carbonyl (C=O) groups is 1. The smallest absolute Gasteiger partial charge is 0.228 e. The molecule has 1 N–H and O–H groups in total. The summed E-state index contributed by atoms with van der Waals surface area (Å²) in [6.45, 7) is 5.48. The third-order valence-electron chi connectivity index (χ3n) is 7.41. The maximum absolute atomic E-state index is 14.4. The Labute approximate surface area is 197 Å². The van der Waals surface area contributed by atoms with Crippen molar-refractivity contribution < 1.29 is 13.9 Å². The van der Waals surface area contributed by atoms with Crippen LogP contribution in [0.4, 0.5) is 15.9 Å². The molecule has 0 radical (unpaired) electrons. The third-order valence-corrected chi connectivity index (χ3v) is 7.71. The van der Waals surface area contributed by atoms with Gasteiger partial charge >= 0.3 is 0 Å². The monoisotopic (exact) mass is 471 g/mol. The molecule has 0 spiro atoms. The topological polar surface area (TPSA) is 81.5 Å². The van der Waals surface area contributed by atoms with Crippen molar-refractivity contribution in [2.24, 2.45) is 11.8 Å². The van der Waals surface area contributed by atoms with Gasteiger partial charge in [0.25, 0.3) is 0 Å². The summed E-state index contributed by atoms with van der Waals surface area (Å²) < 4.78 is 19.8. The molecule has 2 saturated heterocycles. The molecule has 3 aliphatic rings. The van der Waals surface area contributed by atoms with Crippen LogP contribution in [0.1, 0.15) is 19.8 Å². The predicted molar refractivity (Wildman–Crippen MR) is 125 cm³/mol. The van der Waals surface area contributed by atoms with Crippen molar-refractivity contribution in [1.82, 2.24) is 9.88 Å². The first-order valence-corrected chi connectivity index (χ1v) is 11.8. The Morgan fingerprint density at radius 1 is 1.27 bits per heavy atom. The van der Waals surface area contributed by atoms with Crippen LogP contribution in [-0.2, 0) is 9.53 Å². The number of ether oxygens (including phenoxy) is 1. The van der Waals surface area contributed by atoms with Crippen LogP contribution >= 0.6 is 11.6 Å². The minimum atomic E-state index is -0.972. The number of aromatic nitrogens is 1. The van der Waals surface area contributed by atoms with Crippen molar-refractivity contribution in [3.63, 3.8) is 0 Å². The molecular weight excluding hydrogens is 445 g/mol. The number of anilines is 2. The van der Waals surface area contributed by atoms with E-state index in [1.54, 1.807) is 6.20 Å². The number of amides is 1. The minimum absolute atomic E-state index is 0.0185. The van der Waals surface area contributed by atoms with Crippen LogP contribution in [-0.4, -0.2) is 66.9 Å². The van der Waals surface area contributed by atoms with E-state index in [4.69, 9.17) is 21.6 Å². The number of halogens is 2. The predicted octanol–water partition coefficient (Wildman–Crippen LogP) is 3.63. The molecule has 1 aromatic carbocycles. The molecule has 174 valence electrons. The van der Waals surface area contributed by atoms with Crippen LogP contribution < -0.4 is 10.2 Å². The van der Waals surface area contributed by atoms with Crippen molar-refractivity contribution >= 4 is 39.8 Å². The largest absolute Gasteiger partial charge is 0.376 e. The van der Waals surface area contributed by atoms with Crippen LogP contribution in [0.15, 0.2) is 24.4 Å². The molecule has 2 aromatic rings. The number of hydrogen-bond donors (Lipinski definition) is 1. The van der Waals surface area contributed by atoms with E-state index in [0.29, 0.717) is 30.3 Å². The average Bonchev–Trinajstić information content (AvgIpc) is 3.12. The zero-order valence-electron chi connectivity index (χ0n) is 18.6. The molecule has 7 nitrogen and oxygen atoms in total. The van der Waals surface area contributed by atoms with Gasteiger partial charge in [-0.05, 0) is 43.4 Å². The second-order valence-corrected chi connectivity index (χ2v) is 9.93. The summed E-state index contributed by atoms with van der Waals surface area (Å²) in [4.78, 5) is 21.2. The normalized spacial score (nSPS) is 30.1. The first-order valence-electron chi connectivity index (χ1n) is 11.4. The first kappa shape index (κ1) is 22.3. The molecule has 2 aliphatic heterocycles. The van der Waals surface area contributed by atoms with E-state index < -0.39 is 11.7 Å². The lowest BCUT2D eigenvalue weighted by molar-refractivity contribution is -0.123. The van der Waals surface area contributed by atoms with Gasteiger partial charge in [0.05, 0.1) is 35.5 Å². The number of hydrogen-bond acceptors (Lipinski definition) is 6. The highest BCUT2D eigenvalue weighted by atomic mass is 35.5. The second kappa shape index (κ2) is 8.71. The van der Waals surface area contributed by atoms with Gasteiger partial charge in [-0.3, -0.25) is 9.69 Å². The molecular formula is C24H27ClFN5O2. The van der Waals surface area contributed by atoms with E-state index in [0.717, 1.165) is 42.6 Å². The van der Waals surface area contributed by atoms with Crippen molar-refractivity contribution in [2.45, 2.75) is 31.5 Å². The highest BCUT2D eigenvalue weighted by molar-refractivity contribution is 6.34. The lowest BCUT2D eigenvalue weighted by Gasteiger charge is -2.44. The fraction of sp³-hybridized carbons (Fsp3) is 0.542. The van der Waals surface area contributed by atoms with E-state index in [-0.39, 0.29) is 24.3 Å². The van der Waals surface area contributed by atoms with Gasteiger partial charge in [0.1, 0.15) is 12.0 Å². The summed E-state index contributed by atoms with van der Waals surface area (Å²) >= 11 is 6.61. The van der Waals surface area contributed by atoms with Crippen molar-refractivity contribution in [3.05, 3.63) is 29.4 Å². The van der Waals surface area contributed by atoms with Crippen molar-refractivity contribution in [2.75, 3.05) is 49.6 Å². The number of fused-ring (bicyclic) bond motifs is 1. The van der Waals surface area contributed by atoms with Crippen LogP contribution in [0.2, 0.25) is 5.02 Å². The lowest BCUT2D eigenvalue weighted by atomic mass is 9.75. The maximum atomic E-state index is 14.4. The number of piperazine rings is 1. The molecule has 0 bridgehead atoms. The number of nitrogens with zero attached hydrogens (tertiary/aromatic N) is 4. The number of nitrogens with one attached hydrogen (secondary N) is 1. The standard InChI is InChI=1S/C24H27ClFN5O2/c1-24(14-33-13-21(24)26)31-4-2-30(3-5-31)20-9-16-10-22(28-12-18(16)8-19(20)25)29-23(32)17-6-15(7-17)11-27/h8-10,12,15,17,21H,2-7,13-14H2,1H3,(H,28,29,32)/t15?,17?,21-,24+/m1/s1. The molecule has 1 aromatic heterocycles.